The van der Waals surface area contributed by atoms with E-state index in [1.807, 2.05) is 0 Å². The fourth-order valence-electron chi connectivity index (χ4n) is 0.774. The molecule has 0 radical (unpaired) electrons. The van der Waals surface area contributed by atoms with Crippen LogP contribution in [0, 0.1) is 0 Å². The van der Waals surface area contributed by atoms with Gasteiger partial charge in [0.05, 0.1) is 0 Å². The van der Waals surface area contributed by atoms with Gasteiger partial charge in [-0.15, -0.1) is 0 Å². The Hall–Kier alpha value is -1.46. The maximum Gasteiger partial charge on any atom is 0.200 e. The van der Waals surface area contributed by atoms with Crippen molar-refractivity contribution in [2.45, 2.75) is 6.29 Å². The van der Waals surface area contributed by atoms with Crippen molar-refractivity contribution in [2.75, 3.05) is 0 Å². The van der Waals surface area contributed by atoms with Crippen LogP contribution in [-0.2, 0) is 0 Å². The van der Waals surface area contributed by atoms with Crippen molar-refractivity contribution >= 4 is 0 Å². The van der Waals surface area contributed by atoms with Crippen LogP contribution in [0.5, 0.6) is 17.2 Å². The fourth-order valence-corrected chi connectivity index (χ4v) is 0.774. The minimum Gasteiger partial charge on any atom is -0.504 e. The molecule has 0 bridgehead atoms. The highest BCUT2D eigenvalue weighted by Crippen LogP contribution is 2.36. The van der Waals surface area contributed by atoms with Crippen molar-refractivity contribution in [3.63, 3.8) is 0 Å². The van der Waals surface area contributed by atoms with Crippen molar-refractivity contribution < 1.29 is 25.5 Å². The lowest BCUT2D eigenvalue weighted by molar-refractivity contribution is -0.0427. The molecule has 66 valence electrons. The average Bonchev–Trinajstić information content (AvgIpc) is 1.99. The second-order valence-electron chi connectivity index (χ2n) is 2.28. The molecule has 0 aliphatic rings. The summed E-state index contributed by atoms with van der Waals surface area (Å²) in [6.07, 6.45) is -1.79. The molecule has 0 atom stereocenters. The van der Waals surface area contributed by atoms with Gasteiger partial charge in [-0.3, -0.25) is 0 Å². The maximum atomic E-state index is 8.90. The number of aromatic hydroxyl groups is 3. The molecule has 0 fully saturated rings. The Balaban J connectivity index is 3.21. The second kappa shape index (κ2) is 2.88. The van der Waals surface area contributed by atoms with Gasteiger partial charge in [0.2, 0.25) is 0 Å². The molecule has 0 saturated carbocycles. The highest BCUT2D eigenvalue weighted by Gasteiger charge is 2.11. The number of phenols is 3. The minimum absolute atomic E-state index is 0.0946. The number of aliphatic hydroxyl groups is 2. The van der Waals surface area contributed by atoms with E-state index in [-0.39, 0.29) is 5.56 Å². The SMILES string of the molecule is Oc1cc(C(O)O)cc(O)c1O. The predicted octanol–water partition coefficient (Wildman–Crippen LogP) is -0.213. The van der Waals surface area contributed by atoms with Crippen molar-refractivity contribution in [1.29, 1.82) is 0 Å². The highest BCUT2D eigenvalue weighted by atomic mass is 16.5. The minimum atomic E-state index is -1.79. The van der Waals surface area contributed by atoms with Gasteiger partial charge in [0, 0.05) is 5.56 Å². The quantitative estimate of drug-likeness (QED) is 0.298. The normalized spacial score (nSPS) is 10.6. The molecule has 0 heterocycles. The lowest BCUT2D eigenvalue weighted by Crippen LogP contribution is -1.93. The van der Waals surface area contributed by atoms with Crippen LogP contribution in [0.4, 0.5) is 0 Å². The molecule has 0 spiro atoms. The largest absolute Gasteiger partial charge is 0.504 e. The molecule has 0 unspecified atom stereocenters. The molecule has 0 aliphatic carbocycles. The lowest BCUT2D eigenvalue weighted by Gasteiger charge is -2.06. The van der Waals surface area contributed by atoms with Crippen LogP contribution in [0.25, 0.3) is 0 Å². The molecular weight excluding hydrogens is 164 g/mol. The summed E-state index contributed by atoms with van der Waals surface area (Å²) < 4.78 is 0. The summed E-state index contributed by atoms with van der Waals surface area (Å²) in [5.74, 6) is -1.88. The predicted molar refractivity (Wildman–Crippen MR) is 38.6 cm³/mol. The Morgan fingerprint density at radius 3 is 1.67 bits per heavy atom. The molecule has 0 saturated heterocycles. The summed E-state index contributed by atoms with van der Waals surface area (Å²) in [4.78, 5) is 0. The van der Waals surface area contributed by atoms with Gasteiger partial charge in [-0.25, -0.2) is 0 Å². The van der Waals surface area contributed by atoms with E-state index in [9.17, 15) is 0 Å². The van der Waals surface area contributed by atoms with E-state index in [1.54, 1.807) is 0 Å². The molecule has 12 heavy (non-hydrogen) atoms. The second-order valence-corrected chi connectivity index (χ2v) is 2.28. The first-order valence-corrected chi connectivity index (χ1v) is 3.13. The number of hydrogen-bond donors (Lipinski definition) is 5. The molecule has 0 amide bonds. The highest BCUT2D eigenvalue weighted by molar-refractivity contribution is 5.51. The molecule has 0 aliphatic heterocycles. The van der Waals surface area contributed by atoms with Crippen LogP contribution < -0.4 is 0 Å². The molecule has 1 aromatic carbocycles. The van der Waals surface area contributed by atoms with E-state index in [0.717, 1.165) is 12.1 Å². The molecule has 0 aromatic heterocycles. The Kier molecular flexibility index (Phi) is 2.07. The zero-order valence-electron chi connectivity index (χ0n) is 5.97. The molecule has 1 rings (SSSR count). The van der Waals surface area contributed by atoms with E-state index in [0.29, 0.717) is 0 Å². The van der Waals surface area contributed by atoms with E-state index in [4.69, 9.17) is 25.5 Å². The van der Waals surface area contributed by atoms with Crippen LogP contribution in [0.2, 0.25) is 0 Å². The van der Waals surface area contributed by atoms with Crippen molar-refractivity contribution in [2.24, 2.45) is 0 Å². The lowest BCUT2D eigenvalue weighted by atomic mass is 10.2. The Bertz CT molecular complexity index is 271. The summed E-state index contributed by atoms with van der Waals surface area (Å²) in [6.45, 7) is 0. The van der Waals surface area contributed by atoms with Crippen molar-refractivity contribution in [1.82, 2.24) is 0 Å². The van der Waals surface area contributed by atoms with Gasteiger partial charge in [-0.05, 0) is 12.1 Å². The standard InChI is InChI=1S/C7H8O5/c8-4-1-3(7(11)12)2-5(9)6(4)10/h1-2,7-12H. The summed E-state index contributed by atoms with van der Waals surface area (Å²) in [7, 11) is 0. The van der Waals surface area contributed by atoms with Gasteiger partial charge in [-0.2, -0.15) is 0 Å². The Morgan fingerprint density at radius 1 is 0.917 bits per heavy atom. The van der Waals surface area contributed by atoms with Gasteiger partial charge < -0.3 is 25.5 Å². The van der Waals surface area contributed by atoms with Gasteiger partial charge in [0.1, 0.15) is 0 Å². The number of benzene rings is 1. The smallest absolute Gasteiger partial charge is 0.200 e. The number of phenolic OH excluding ortho intramolecular Hbond substituents is 3. The molecule has 5 heteroatoms. The number of rotatable bonds is 1. The molecule has 5 N–H and O–H groups in total. The summed E-state index contributed by atoms with van der Waals surface area (Å²) >= 11 is 0. The van der Waals surface area contributed by atoms with E-state index >= 15 is 0 Å². The molecule has 5 nitrogen and oxygen atoms in total. The van der Waals surface area contributed by atoms with Crippen molar-refractivity contribution in [3.05, 3.63) is 17.7 Å². The van der Waals surface area contributed by atoms with Gasteiger partial charge in [0.15, 0.2) is 23.5 Å². The Morgan fingerprint density at radius 2 is 1.33 bits per heavy atom. The zero-order valence-corrected chi connectivity index (χ0v) is 5.97. The van der Waals surface area contributed by atoms with Crippen LogP contribution >= 0.6 is 0 Å². The van der Waals surface area contributed by atoms with Crippen LogP contribution in [0.3, 0.4) is 0 Å². The number of aliphatic hydroxyl groups excluding tert-OH is 1. The van der Waals surface area contributed by atoms with Gasteiger partial charge >= 0.3 is 0 Å². The van der Waals surface area contributed by atoms with Crippen molar-refractivity contribution in [3.8, 4) is 17.2 Å². The third-order valence-electron chi connectivity index (χ3n) is 1.39. The fraction of sp³-hybridized carbons (Fsp3) is 0.143. The first kappa shape index (κ1) is 8.63. The zero-order chi connectivity index (χ0) is 9.30. The molecule has 1 aromatic rings. The van der Waals surface area contributed by atoms with Gasteiger partial charge in [-0.1, -0.05) is 0 Å². The van der Waals surface area contributed by atoms with E-state index in [2.05, 4.69) is 0 Å². The number of hydrogen-bond acceptors (Lipinski definition) is 5. The summed E-state index contributed by atoms with van der Waals surface area (Å²) in [6, 6.07) is 1.89. The van der Waals surface area contributed by atoms with E-state index < -0.39 is 23.5 Å². The van der Waals surface area contributed by atoms with Crippen LogP contribution in [-0.4, -0.2) is 25.5 Å². The van der Waals surface area contributed by atoms with Crippen LogP contribution in [0.1, 0.15) is 11.9 Å². The third kappa shape index (κ3) is 1.41. The maximum absolute atomic E-state index is 8.90. The summed E-state index contributed by atoms with van der Waals surface area (Å²) in [5, 5.41) is 43.9. The first-order chi connectivity index (χ1) is 5.52. The monoisotopic (exact) mass is 172 g/mol. The van der Waals surface area contributed by atoms with E-state index in [1.165, 1.54) is 0 Å². The van der Waals surface area contributed by atoms with Crippen LogP contribution in [0.15, 0.2) is 12.1 Å². The Labute approximate surface area is 67.8 Å². The van der Waals surface area contributed by atoms with Gasteiger partial charge in [0.25, 0.3) is 0 Å². The third-order valence-corrected chi connectivity index (χ3v) is 1.39. The molecular formula is C7H8O5. The average molecular weight is 172 g/mol. The summed E-state index contributed by atoms with van der Waals surface area (Å²) in [5.41, 5.74) is -0.0946. The topological polar surface area (TPSA) is 101 Å². The first-order valence-electron chi connectivity index (χ1n) is 3.13.